The molecule has 0 saturated carbocycles. The third-order valence-corrected chi connectivity index (χ3v) is 2.00. The number of anilines is 1. The highest BCUT2D eigenvalue weighted by atomic mass is 32.1. The summed E-state index contributed by atoms with van der Waals surface area (Å²) in [5.74, 6) is 1.39. The van der Waals surface area contributed by atoms with Crippen molar-refractivity contribution in [3.05, 3.63) is 11.1 Å². The second kappa shape index (κ2) is 3.74. The van der Waals surface area contributed by atoms with Crippen LogP contribution in [0.25, 0.3) is 0 Å². The Hall–Kier alpha value is -1.54. The Labute approximate surface area is 73.3 Å². The fourth-order valence-corrected chi connectivity index (χ4v) is 1.23. The zero-order valence-corrected chi connectivity index (χ0v) is 6.89. The predicted octanol–water partition coefficient (Wildman–Crippen LogP) is 0.886. The Morgan fingerprint density at radius 2 is 2.67 bits per heavy atom. The highest BCUT2D eigenvalue weighted by molar-refractivity contribution is 7.17. The first-order valence-corrected chi connectivity index (χ1v) is 3.92. The number of carboxylic acid groups (broad SMARTS) is 1. The number of terminal acetylenes is 1. The van der Waals surface area contributed by atoms with Gasteiger partial charge in [0.1, 0.15) is 4.88 Å². The molecule has 1 aromatic rings. The maximum absolute atomic E-state index is 10.4. The van der Waals surface area contributed by atoms with Crippen LogP contribution in [-0.4, -0.2) is 22.6 Å². The van der Waals surface area contributed by atoms with E-state index >= 15 is 0 Å². The zero-order valence-electron chi connectivity index (χ0n) is 6.07. The zero-order chi connectivity index (χ0) is 8.97. The molecule has 1 heterocycles. The summed E-state index contributed by atoms with van der Waals surface area (Å²) in [4.78, 5) is 14.4. The quantitative estimate of drug-likeness (QED) is 0.681. The van der Waals surface area contributed by atoms with Gasteiger partial charge in [0.2, 0.25) is 0 Å². The van der Waals surface area contributed by atoms with E-state index in [2.05, 4.69) is 16.2 Å². The molecule has 0 bridgehead atoms. The molecule has 0 aliphatic rings. The van der Waals surface area contributed by atoms with E-state index in [9.17, 15) is 4.79 Å². The number of nitrogens with one attached hydrogen (secondary N) is 1. The fraction of sp³-hybridized carbons (Fsp3) is 0.143. The highest BCUT2D eigenvalue weighted by Crippen LogP contribution is 2.16. The summed E-state index contributed by atoms with van der Waals surface area (Å²) < 4.78 is 0. The molecule has 0 atom stereocenters. The lowest BCUT2D eigenvalue weighted by molar-refractivity contribution is 0.0702. The summed E-state index contributed by atoms with van der Waals surface area (Å²) >= 11 is 1.06. The van der Waals surface area contributed by atoms with Gasteiger partial charge in [-0.2, -0.15) is 0 Å². The van der Waals surface area contributed by atoms with Gasteiger partial charge in [-0.1, -0.05) is 17.3 Å². The minimum Gasteiger partial charge on any atom is -0.477 e. The van der Waals surface area contributed by atoms with Gasteiger partial charge < -0.3 is 10.4 Å². The van der Waals surface area contributed by atoms with Gasteiger partial charge in [0.25, 0.3) is 0 Å². The first-order chi connectivity index (χ1) is 5.74. The summed E-state index contributed by atoms with van der Waals surface area (Å²) in [5, 5.41) is 11.8. The summed E-state index contributed by atoms with van der Waals surface area (Å²) in [5.41, 5.74) is 0. The lowest BCUT2D eigenvalue weighted by atomic mass is 10.6. The number of aromatic carboxylic acids is 1. The molecule has 0 unspecified atom stereocenters. The molecule has 1 rings (SSSR count). The smallest absolute Gasteiger partial charge is 0.347 e. The van der Waals surface area contributed by atoms with Crippen LogP contribution in [0.5, 0.6) is 0 Å². The van der Waals surface area contributed by atoms with Gasteiger partial charge in [-0.3, -0.25) is 0 Å². The van der Waals surface area contributed by atoms with E-state index in [1.165, 1.54) is 6.20 Å². The normalized spacial score (nSPS) is 8.92. The van der Waals surface area contributed by atoms with Crippen molar-refractivity contribution < 1.29 is 9.90 Å². The number of carbonyl (C=O) groups is 1. The lowest BCUT2D eigenvalue weighted by Crippen LogP contribution is -1.96. The summed E-state index contributed by atoms with van der Waals surface area (Å²) in [6.45, 7) is 0.354. The standard InChI is InChI=1S/C7H6N2O2S/c1-2-3-8-7-9-4-5(12-7)6(10)11/h1,4H,3H2,(H,8,9)(H,10,11). The van der Waals surface area contributed by atoms with Gasteiger partial charge in [-0.25, -0.2) is 9.78 Å². The molecule has 1 aromatic heterocycles. The number of hydrogen-bond donors (Lipinski definition) is 2. The minimum absolute atomic E-state index is 0.203. The van der Waals surface area contributed by atoms with Crippen LogP contribution in [0.4, 0.5) is 5.13 Å². The average Bonchev–Trinajstić information content (AvgIpc) is 2.48. The van der Waals surface area contributed by atoms with Crippen molar-refractivity contribution >= 4 is 22.4 Å². The molecule has 2 N–H and O–H groups in total. The van der Waals surface area contributed by atoms with Crippen molar-refractivity contribution in [2.24, 2.45) is 0 Å². The molecule has 0 spiro atoms. The van der Waals surface area contributed by atoms with Crippen LogP contribution in [0.1, 0.15) is 9.67 Å². The van der Waals surface area contributed by atoms with Gasteiger partial charge in [-0.15, -0.1) is 6.42 Å². The minimum atomic E-state index is -0.971. The van der Waals surface area contributed by atoms with Crippen molar-refractivity contribution in [1.82, 2.24) is 4.98 Å². The van der Waals surface area contributed by atoms with Gasteiger partial charge in [-0.05, 0) is 0 Å². The topological polar surface area (TPSA) is 62.2 Å². The Bertz CT molecular complexity index is 326. The number of hydrogen-bond acceptors (Lipinski definition) is 4. The van der Waals surface area contributed by atoms with E-state index < -0.39 is 5.97 Å². The fourth-order valence-electron chi connectivity index (χ4n) is 0.581. The van der Waals surface area contributed by atoms with Crippen molar-refractivity contribution in [2.45, 2.75) is 0 Å². The Balaban J connectivity index is 2.66. The van der Waals surface area contributed by atoms with Gasteiger partial charge in [0.05, 0.1) is 12.7 Å². The number of nitrogens with zero attached hydrogens (tertiary/aromatic N) is 1. The van der Waals surface area contributed by atoms with Crippen LogP contribution in [0, 0.1) is 12.3 Å². The molecule has 62 valence electrons. The first kappa shape index (κ1) is 8.56. The Morgan fingerprint density at radius 3 is 3.17 bits per heavy atom. The molecule has 0 aliphatic heterocycles. The van der Waals surface area contributed by atoms with Crippen LogP contribution >= 0.6 is 11.3 Å². The van der Waals surface area contributed by atoms with E-state index in [1.54, 1.807) is 0 Å². The number of aromatic nitrogens is 1. The third-order valence-electron chi connectivity index (χ3n) is 1.06. The highest BCUT2D eigenvalue weighted by Gasteiger charge is 2.06. The van der Waals surface area contributed by atoms with Crippen molar-refractivity contribution in [1.29, 1.82) is 0 Å². The Kier molecular flexibility index (Phi) is 2.66. The lowest BCUT2D eigenvalue weighted by Gasteiger charge is -1.91. The largest absolute Gasteiger partial charge is 0.477 e. The molecule has 4 nitrogen and oxygen atoms in total. The summed E-state index contributed by atoms with van der Waals surface area (Å²) in [7, 11) is 0. The summed E-state index contributed by atoms with van der Waals surface area (Å²) in [6, 6.07) is 0. The molecule has 5 heteroatoms. The van der Waals surface area contributed by atoms with Gasteiger partial charge >= 0.3 is 5.97 Å². The maximum atomic E-state index is 10.4. The predicted molar refractivity (Wildman–Crippen MR) is 46.4 cm³/mol. The number of rotatable bonds is 3. The first-order valence-electron chi connectivity index (χ1n) is 3.10. The SMILES string of the molecule is C#CCNc1ncc(C(=O)O)s1. The van der Waals surface area contributed by atoms with E-state index in [-0.39, 0.29) is 4.88 Å². The maximum Gasteiger partial charge on any atom is 0.347 e. The molecular weight excluding hydrogens is 176 g/mol. The second-order valence-corrected chi connectivity index (χ2v) is 2.92. The number of carboxylic acids is 1. The average molecular weight is 182 g/mol. The van der Waals surface area contributed by atoms with E-state index in [0.717, 1.165) is 11.3 Å². The van der Waals surface area contributed by atoms with Crippen molar-refractivity contribution in [3.63, 3.8) is 0 Å². The summed E-state index contributed by atoms with van der Waals surface area (Å²) in [6.07, 6.45) is 6.29. The molecule has 0 amide bonds. The van der Waals surface area contributed by atoms with Gasteiger partial charge in [0.15, 0.2) is 5.13 Å². The van der Waals surface area contributed by atoms with Crippen LogP contribution in [0.2, 0.25) is 0 Å². The molecule has 0 radical (unpaired) electrons. The van der Waals surface area contributed by atoms with E-state index in [1.807, 2.05) is 0 Å². The van der Waals surface area contributed by atoms with Crippen LogP contribution < -0.4 is 5.32 Å². The van der Waals surface area contributed by atoms with Crippen LogP contribution in [0.15, 0.2) is 6.20 Å². The molecule has 0 fully saturated rings. The Morgan fingerprint density at radius 1 is 1.92 bits per heavy atom. The van der Waals surface area contributed by atoms with E-state index in [0.29, 0.717) is 11.7 Å². The molecule has 0 aliphatic carbocycles. The third kappa shape index (κ3) is 1.97. The van der Waals surface area contributed by atoms with Crippen molar-refractivity contribution in [2.75, 3.05) is 11.9 Å². The van der Waals surface area contributed by atoms with E-state index in [4.69, 9.17) is 11.5 Å². The molecule has 0 saturated heterocycles. The van der Waals surface area contributed by atoms with Crippen LogP contribution in [0.3, 0.4) is 0 Å². The molecular formula is C7H6N2O2S. The van der Waals surface area contributed by atoms with Crippen molar-refractivity contribution in [3.8, 4) is 12.3 Å². The number of thiazole rings is 1. The molecule has 12 heavy (non-hydrogen) atoms. The second-order valence-electron chi connectivity index (χ2n) is 1.89. The van der Waals surface area contributed by atoms with Crippen LogP contribution in [-0.2, 0) is 0 Å². The monoisotopic (exact) mass is 182 g/mol. The van der Waals surface area contributed by atoms with Gasteiger partial charge in [0, 0.05) is 0 Å². The molecule has 0 aromatic carbocycles.